The van der Waals surface area contributed by atoms with Crippen molar-refractivity contribution in [1.82, 2.24) is 10.3 Å². The van der Waals surface area contributed by atoms with Gasteiger partial charge in [-0.25, -0.2) is 4.98 Å². The molecule has 1 atom stereocenters. The third-order valence-electron chi connectivity index (χ3n) is 4.47. The van der Waals surface area contributed by atoms with Crippen LogP contribution in [0.3, 0.4) is 0 Å². The number of hydrogen-bond acceptors (Lipinski definition) is 4. The van der Waals surface area contributed by atoms with Crippen LogP contribution in [0.2, 0.25) is 0 Å². The maximum atomic E-state index is 12.4. The van der Waals surface area contributed by atoms with Gasteiger partial charge < -0.3 is 15.2 Å². The summed E-state index contributed by atoms with van der Waals surface area (Å²) < 4.78 is 5.09. The van der Waals surface area contributed by atoms with E-state index in [4.69, 9.17) is 4.74 Å². The normalized spacial score (nSPS) is 20.8. The van der Waals surface area contributed by atoms with Crippen LogP contribution in [0, 0.1) is 5.92 Å². The molecule has 3 rings (SSSR count). The highest BCUT2D eigenvalue weighted by atomic mass is 16.5. The third kappa shape index (κ3) is 3.92. The van der Waals surface area contributed by atoms with Gasteiger partial charge in [0, 0.05) is 12.3 Å². The summed E-state index contributed by atoms with van der Waals surface area (Å²) in [5, 5.41) is 12.7. The Kier molecular flexibility index (Phi) is 5.11. The number of amides is 1. The highest BCUT2D eigenvalue weighted by Crippen LogP contribution is 2.38. The lowest BCUT2D eigenvalue weighted by atomic mass is 9.75. The first kappa shape index (κ1) is 16.5. The van der Waals surface area contributed by atoms with Crippen molar-refractivity contribution in [3.8, 4) is 5.88 Å². The van der Waals surface area contributed by atoms with E-state index in [1.54, 1.807) is 19.4 Å². The standard InChI is InChI=1S/C19H22N2O3/c1-24-18-8-7-14(12-20-18)19(15-10-16(22)11-15)21-17(23)9-13-5-3-2-4-6-13/h2-8,12,15-16,19,22H,9-11H2,1H3,(H,21,23)/t15?,16?,19-/m0/s1. The lowest BCUT2D eigenvalue weighted by molar-refractivity contribution is -0.122. The zero-order chi connectivity index (χ0) is 16.9. The number of carbonyl (C=O) groups excluding carboxylic acids is 1. The summed E-state index contributed by atoms with van der Waals surface area (Å²) in [6.07, 6.45) is 3.20. The number of aliphatic hydroxyl groups is 1. The first-order chi connectivity index (χ1) is 11.7. The largest absolute Gasteiger partial charge is 0.481 e. The van der Waals surface area contributed by atoms with Crippen molar-refractivity contribution in [2.75, 3.05) is 7.11 Å². The number of hydrogen-bond donors (Lipinski definition) is 2. The Bertz CT molecular complexity index is 667. The summed E-state index contributed by atoms with van der Waals surface area (Å²) in [5.41, 5.74) is 1.92. The Morgan fingerprint density at radius 2 is 2.04 bits per heavy atom. The molecular weight excluding hydrogens is 304 g/mol. The van der Waals surface area contributed by atoms with E-state index in [9.17, 15) is 9.90 Å². The van der Waals surface area contributed by atoms with E-state index in [2.05, 4.69) is 10.3 Å². The van der Waals surface area contributed by atoms with E-state index >= 15 is 0 Å². The number of benzene rings is 1. The van der Waals surface area contributed by atoms with E-state index in [-0.39, 0.29) is 24.0 Å². The summed E-state index contributed by atoms with van der Waals surface area (Å²) in [5.74, 6) is 0.750. The molecule has 1 aromatic carbocycles. The van der Waals surface area contributed by atoms with Gasteiger partial charge in [-0.05, 0) is 29.9 Å². The second-order valence-electron chi connectivity index (χ2n) is 6.23. The second-order valence-corrected chi connectivity index (χ2v) is 6.23. The topological polar surface area (TPSA) is 71.5 Å². The minimum absolute atomic E-state index is 0.0246. The fraction of sp³-hybridized carbons (Fsp3) is 0.368. The van der Waals surface area contributed by atoms with Crippen molar-refractivity contribution in [1.29, 1.82) is 0 Å². The molecule has 0 aliphatic heterocycles. The van der Waals surface area contributed by atoms with Gasteiger partial charge >= 0.3 is 0 Å². The van der Waals surface area contributed by atoms with Crippen LogP contribution in [0.15, 0.2) is 48.7 Å². The zero-order valence-corrected chi connectivity index (χ0v) is 13.7. The average molecular weight is 326 g/mol. The van der Waals surface area contributed by atoms with Crippen molar-refractivity contribution in [3.05, 3.63) is 59.8 Å². The summed E-state index contributed by atoms with van der Waals surface area (Å²) in [6.45, 7) is 0. The van der Waals surface area contributed by atoms with Crippen LogP contribution >= 0.6 is 0 Å². The maximum Gasteiger partial charge on any atom is 0.224 e. The predicted molar refractivity (Wildman–Crippen MR) is 90.5 cm³/mol. The average Bonchev–Trinajstić information content (AvgIpc) is 2.58. The van der Waals surface area contributed by atoms with Gasteiger partial charge in [-0.15, -0.1) is 0 Å². The monoisotopic (exact) mass is 326 g/mol. The predicted octanol–water partition coefficient (Wildman–Crippen LogP) is 2.26. The fourth-order valence-corrected chi connectivity index (χ4v) is 3.08. The number of methoxy groups -OCH3 is 1. The molecule has 1 aliphatic carbocycles. The van der Waals surface area contributed by atoms with Crippen LogP contribution in [-0.4, -0.2) is 29.2 Å². The number of rotatable bonds is 6. The molecular formula is C19H22N2O3. The summed E-state index contributed by atoms with van der Waals surface area (Å²) in [7, 11) is 1.57. The van der Waals surface area contributed by atoms with Gasteiger partial charge in [0.15, 0.2) is 0 Å². The molecule has 1 aliphatic rings. The Labute approximate surface area is 141 Å². The van der Waals surface area contributed by atoms with Crippen molar-refractivity contribution >= 4 is 5.91 Å². The molecule has 0 bridgehead atoms. The van der Waals surface area contributed by atoms with Crippen LogP contribution in [0.1, 0.15) is 30.0 Å². The molecule has 5 nitrogen and oxygen atoms in total. The number of ether oxygens (including phenoxy) is 1. The number of aromatic nitrogens is 1. The molecule has 1 saturated carbocycles. The van der Waals surface area contributed by atoms with Crippen LogP contribution in [0.25, 0.3) is 0 Å². The van der Waals surface area contributed by atoms with Crippen molar-refractivity contribution in [2.24, 2.45) is 5.92 Å². The highest BCUT2D eigenvalue weighted by molar-refractivity contribution is 5.79. The van der Waals surface area contributed by atoms with E-state index in [0.717, 1.165) is 11.1 Å². The van der Waals surface area contributed by atoms with Crippen LogP contribution in [-0.2, 0) is 11.2 Å². The Morgan fingerprint density at radius 3 is 2.62 bits per heavy atom. The summed E-state index contributed by atoms with van der Waals surface area (Å²) in [4.78, 5) is 16.7. The smallest absolute Gasteiger partial charge is 0.224 e. The molecule has 0 spiro atoms. The number of nitrogens with one attached hydrogen (secondary N) is 1. The molecule has 1 amide bonds. The SMILES string of the molecule is COc1ccc([C@H](NC(=O)Cc2ccccc2)C2CC(O)C2)cn1. The van der Waals surface area contributed by atoms with Crippen LogP contribution in [0.5, 0.6) is 5.88 Å². The van der Waals surface area contributed by atoms with Gasteiger partial charge in [0.25, 0.3) is 0 Å². The van der Waals surface area contributed by atoms with Crippen molar-refractivity contribution < 1.29 is 14.6 Å². The lowest BCUT2D eigenvalue weighted by Gasteiger charge is -2.38. The molecule has 1 fully saturated rings. The van der Waals surface area contributed by atoms with Crippen LogP contribution in [0.4, 0.5) is 0 Å². The Balaban J connectivity index is 1.71. The first-order valence-corrected chi connectivity index (χ1v) is 8.17. The number of nitrogens with zero attached hydrogens (tertiary/aromatic N) is 1. The molecule has 0 radical (unpaired) electrons. The lowest BCUT2D eigenvalue weighted by Crippen LogP contribution is -2.41. The minimum atomic E-state index is -0.269. The van der Waals surface area contributed by atoms with E-state index in [0.29, 0.717) is 25.1 Å². The maximum absolute atomic E-state index is 12.4. The van der Waals surface area contributed by atoms with Crippen molar-refractivity contribution in [3.63, 3.8) is 0 Å². The van der Waals surface area contributed by atoms with Gasteiger partial charge in [-0.3, -0.25) is 4.79 Å². The molecule has 24 heavy (non-hydrogen) atoms. The van der Waals surface area contributed by atoms with E-state index < -0.39 is 0 Å². The molecule has 2 N–H and O–H groups in total. The number of pyridine rings is 1. The van der Waals surface area contributed by atoms with Crippen molar-refractivity contribution in [2.45, 2.75) is 31.4 Å². The van der Waals surface area contributed by atoms with Gasteiger partial charge in [-0.1, -0.05) is 36.4 Å². The number of carbonyl (C=O) groups is 1. The van der Waals surface area contributed by atoms with Crippen LogP contribution < -0.4 is 10.1 Å². The minimum Gasteiger partial charge on any atom is -0.481 e. The Hall–Kier alpha value is -2.40. The third-order valence-corrected chi connectivity index (χ3v) is 4.47. The van der Waals surface area contributed by atoms with Gasteiger partial charge in [-0.2, -0.15) is 0 Å². The first-order valence-electron chi connectivity index (χ1n) is 8.17. The molecule has 0 saturated heterocycles. The zero-order valence-electron chi connectivity index (χ0n) is 13.7. The number of aliphatic hydroxyl groups excluding tert-OH is 1. The van der Waals surface area contributed by atoms with Gasteiger partial charge in [0.05, 0.1) is 25.7 Å². The molecule has 0 unspecified atom stereocenters. The van der Waals surface area contributed by atoms with E-state index in [1.165, 1.54) is 0 Å². The molecule has 126 valence electrons. The van der Waals surface area contributed by atoms with Gasteiger partial charge in [0.2, 0.25) is 11.8 Å². The molecule has 1 heterocycles. The fourth-order valence-electron chi connectivity index (χ4n) is 3.08. The molecule has 5 heteroatoms. The summed E-state index contributed by atoms with van der Waals surface area (Å²) in [6, 6.07) is 13.2. The van der Waals surface area contributed by atoms with Gasteiger partial charge in [0.1, 0.15) is 0 Å². The quantitative estimate of drug-likeness (QED) is 0.854. The summed E-state index contributed by atoms with van der Waals surface area (Å²) >= 11 is 0. The second kappa shape index (κ2) is 7.45. The van der Waals surface area contributed by atoms with E-state index in [1.807, 2.05) is 36.4 Å². The molecule has 2 aromatic rings. The molecule has 1 aromatic heterocycles. The Morgan fingerprint density at radius 1 is 1.29 bits per heavy atom. The highest BCUT2D eigenvalue weighted by Gasteiger charge is 2.35.